The molecular weight excluding hydrogens is 370 g/mol. The maximum atomic E-state index is 6.15. The Morgan fingerprint density at radius 1 is 1.15 bits per heavy atom. The minimum absolute atomic E-state index is 0.250. The molecule has 8 nitrogen and oxygen atoms in total. The third-order valence-corrected chi connectivity index (χ3v) is 4.92. The Morgan fingerprint density at radius 3 is 2.63 bits per heavy atom. The summed E-state index contributed by atoms with van der Waals surface area (Å²) in [4.78, 5) is 4.08. The first-order valence-corrected chi connectivity index (χ1v) is 9.44. The smallest absolute Gasteiger partial charge is 0.189 e. The molecule has 0 saturated carbocycles. The van der Waals surface area contributed by atoms with Crippen LogP contribution in [-0.2, 0) is 23.7 Å². The number of rotatable bonds is 3. The number of thiocarbonyl (C=S) groups is 1. The van der Waals surface area contributed by atoms with Crippen LogP contribution in [-0.4, -0.2) is 58.9 Å². The van der Waals surface area contributed by atoms with Crippen LogP contribution in [0.5, 0.6) is 0 Å². The van der Waals surface area contributed by atoms with E-state index >= 15 is 0 Å². The average Bonchev–Trinajstić information content (AvgIpc) is 3.19. The van der Waals surface area contributed by atoms with Gasteiger partial charge in [-0.25, -0.2) is 0 Å². The molecule has 1 aromatic rings. The van der Waals surface area contributed by atoms with Crippen molar-refractivity contribution in [1.29, 1.82) is 0 Å². The minimum Gasteiger partial charge on any atom is -0.354 e. The average molecular weight is 395 g/mol. The summed E-state index contributed by atoms with van der Waals surface area (Å²) < 4.78 is 29.8. The van der Waals surface area contributed by atoms with Crippen LogP contribution >= 0.6 is 12.2 Å². The molecule has 0 amide bonds. The third kappa shape index (κ3) is 4.08. The van der Waals surface area contributed by atoms with Crippen molar-refractivity contribution in [2.24, 2.45) is 0 Å². The van der Waals surface area contributed by atoms with E-state index in [0.717, 1.165) is 5.69 Å². The van der Waals surface area contributed by atoms with Crippen molar-refractivity contribution >= 4 is 23.0 Å². The topological polar surface area (TPSA) is 83.1 Å². The van der Waals surface area contributed by atoms with Gasteiger partial charge in [0.25, 0.3) is 0 Å². The van der Waals surface area contributed by atoms with Gasteiger partial charge in [-0.15, -0.1) is 0 Å². The van der Waals surface area contributed by atoms with Crippen LogP contribution in [0.3, 0.4) is 0 Å². The van der Waals surface area contributed by atoms with E-state index < -0.39 is 17.9 Å². The molecule has 3 aliphatic rings. The minimum atomic E-state index is -0.717. The van der Waals surface area contributed by atoms with E-state index in [0.29, 0.717) is 11.7 Å². The zero-order chi connectivity index (χ0) is 19.2. The normalized spacial score (nSPS) is 36.4. The predicted molar refractivity (Wildman–Crippen MR) is 101 cm³/mol. The van der Waals surface area contributed by atoms with Crippen molar-refractivity contribution in [2.45, 2.75) is 69.9 Å². The summed E-state index contributed by atoms with van der Waals surface area (Å²) in [5.41, 5.74) is 0.799. The Bertz CT molecular complexity index is 701. The van der Waals surface area contributed by atoms with Gasteiger partial charge < -0.3 is 34.3 Å². The van der Waals surface area contributed by atoms with Gasteiger partial charge in [0.2, 0.25) is 0 Å². The number of fused-ring (bicyclic) bond motifs is 1. The molecule has 4 heterocycles. The van der Waals surface area contributed by atoms with Crippen LogP contribution in [0.15, 0.2) is 24.5 Å². The zero-order valence-electron chi connectivity index (χ0n) is 15.8. The fourth-order valence-corrected chi connectivity index (χ4v) is 3.90. The molecule has 5 atom stereocenters. The standard InChI is InChI=1S/C18H25N3O5S/c1-17(2)22-9-11(24-17)13-12(14-15(23-13)26-18(3,4)25-14)21-16(27)20-10-6-5-7-19-8-10/h5-8,11-15H,9H2,1-4H3,(H2,20,21,27)/t11?,12-,13-,14-,15-/m1/s1. The predicted octanol–water partition coefficient (Wildman–Crippen LogP) is 1.76. The van der Waals surface area contributed by atoms with E-state index in [4.69, 9.17) is 35.9 Å². The quantitative estimate of drug-likeness (QED) is 0.744. The highest BCUT2D eigenvalue weighted by Crippen LogP contribution is 2.40. The van der Waals surface area contributed by atoms with Gasteiger partial charge in [0, 0.05) is 6.20 Å². The van der Waals surface area contributed by atoms with E-state index in [9.17, 15) is 0 Å². The van der Waals surface area contributed by atoms with Gasteiger partial charge in [-0.2, -0.15) is 0 Å². The van der Waals surface area contributed by atoms with Gasteiger partial charge in [0.15, 0.2) is 23.0 Å². The van der Waals surface area contributed by atoms with Crippen LogP contribution in [0.2, 0.25) is 0 Å². The van der Waals surface area contributed by atoms with Crippen LogP contribution < -0.4 is 10.6 Å². The molecule has 0 aromatic carbocycles. The molecule has 3 saturated heterocycles. The van der Waals surface area contributed by atoms with Crippen molar-refractivity contribution in [3.63, 3.8) is 0 Å². The lowest BCUT2D eigenvalue weighted by Crippen LogP contribution is -2.53. The van der Waals surface area contributed by atoms with Crippen molar-refractivity contribution in [3.05, 3.63) is 24.5 Å². The number of pyridine rings is 1. The summed E-state index contributed by atoms with van der Waals surface area (Å²) in [5.74, 6) is -1.36. The van der Waals surface area contributed by atoms with Crippen molar-refractivity contribution in [3.8, 4) is 0 Å². The summed E-state index contributed by atoms with van der Waals surface area (Å²) in [5, 5.41) is 6.90. The second kappa shape index (κ2) is 6.91. The molecule has 0 aliphatic carbocycles. The molecule has 27 heavy (non-hydrogen) atoms. The monoisotopic (exact) mass is 395 g/mol. The second-order valence-electron chi connectivity index (χ2n) is 7.80. The number of anilines is 1. The molecular formula is C18H25N3O5S. The number of nitrogens with one attached hydrogen (secondary N) is 2. The molecule has 1 aromatic heterocycles. The summed E-state index contributed by atoms with van der Waals surface area (Å²) in [6, 6.07) is 3.47. The van der Waals surface area contributed by atoms with Gasteiger partial charge in [0.05, 0.1) is 24.5 Å². The van der Waals surface area contributed by atoms with Gasteiger partial charge in [-0.1, -0.05) is 0 Å². The Labute approximate surface area is 163 Å². The molecule has 0 spiro atoms. The lowest BCUT2D eigenvalue weighted by atomic mass is 10.0. The molecule has 148 valence electrons. The number of ether oxygens (including phenoxy) is 5. The molecule has 9 heteroatoms. The third-order valence-electron chi connectivity index (χ3n) is 4.70. The van der Waals surface area contributed by atoms with Crippen molar-refractivity contribution in [2.75, 3.05) is 11.9 Å². The molecule has 2 N–H and O–H groups in total. The Hall–Kier alpha value is -1.36. The van der Waals surface area contributed by atoms with E-state index in [2.05, 4.69) is 15.6 Å². The number of aromatic nitrogens is 1. The van der Waals surface area contributed by atoms with E-state index in [1.165, 1.54) is 0 Å². The molecule has 1 unspecified atom stereocenters. The largest absolute Gasteiger partial charge is 0.354 e. The Morgan fingerprint density at radius 2 is 1.96 bits per heavy atom. The Balaban J connectivity index is 1.49. The van der Waals surface area contributed by atoms with E-state index in [1.54, 1.807) is 12.4 Å². The first-order valence-electron chi connectivity index (χ1n) is 9.03. The van der Waals surface area contributed by atoms with Gasteiger partial charge in [-0.3, -0.25) is 4.98 Å². The lowest BCUT2D eigenvalue weighted by molar-refractivity contribution is -0.223. The summed E-state index contributed by atoms with van der Waals surface area (Å²) in [6.45, 7) is 7.93. The van der Waals surface area contributed by atoms with Crippen molar-refractivity contribution < 1.29 is 23.7 Å². The fraction of sp³-hybridized carbons (Fsp3) is 0.667. The molecule has 3 fully saturated rings. The van der Waals surface area contributed by atoms with Crippen LogP contribution in [0.25, 0.3) is 0 Å². The maximum Gasteiger partial charge on any atom is 0.189 e. The molecule has 3 aliphatic heterocycles. The zero-order valence-corrected chi connectivity index (χ0v) is 16.6. The summed E-state index contributed by atoms with van der Waals surface area (Å²) in [7, 11) is 0. The highest BCUT2D eigenvalue weighted by Gasteiger charge is 2.58. The highest BCUT2D eigenvalue weighted by atomic mass is 32.1. The molecule has 4 rings (SSSR count). The number of hydrogen-bond donors (Lipinski definition) is 2. The molecule has 0 radical (unpaired) electrons. The summed E-state index contributed by atoms with van der Waals surface area (Å²) in [6.07, 6.45) is 2.03. The number of hydrogen-bond acceptors (Lipinski definition) is 7. The highest BCUT2D eigenvalue weighted by molar-refractivity contribution is 7.80. The van der Waals surface area contributed by atoms with Crippen LogP contribution in [0, 0.1) is 0 Å². The number of nitrogens with zero attached hydrogens (tertiary/aromatic N) is 1. The van der Waals surface area contributed by atoms with Gasteiger partial charge >= 0.3 is 0 Å². The lowest BCUT2D eigenvalue weighted by Gasteiger charge is -2.30. The fourth-order valence-electron chi connectivity index (χ4n) is 3.65. The first kappa shape index (κ1) is 19.0. The SMILES string of the molecule is CC1(C)OCC([C@H]2O[C@@H]3OC(C)(C)O[C@@H]3[C@@H]2NC(=S)Nc2cccnc2)O1. The van der Waals surface area contributed by atoms with Crippen LogP contribution in [0.4, 0.5) is 5.69 Å². The Kier molecular flexibility index (Phi) is 4.86. The van der Waals surface area contributed by atoms with E-state index in [1.807, 2.05) is 39.8 Å². The van der Waals surface area contributed by atoms with Gasteiger partial charge in [0.1, 0.15) is 18.3 Å². The van der Waals surface area contributed by atoms with Crippen LogP contribution in [0.1, 0.15) is 27.7 Å². The van der Waals surface area contributed by atoms with Gasteiger partial charge in [-0.05, 0) is 52.0 Å². The summed E-state index contributed by atoms with van der Waals surface area (Å²) >= 11 is 5.49. The second-order valence-corrected chi connectivity index (χ2v) is 8.21. The van der Waals surface area contributed by atoms with Crippen molar-refractivity contribution in [1.82, 2.24) is 10.3 Å². The van der Waals surface area contributed by atoms with E-state index in [-0.39, 0.29) is 24.4 Å². The maximum absolute atomic E-state index is 6.15. The molecule has 0 bridgehead atoms. The first-order chi connectivity index (χ1) is 12.7.